The largest absolute Gasteiger partial charge is 0.488 e. The van der Waals surface area contributed by atoms with Crippen molar-refractivity contribution in [2.45, 2.75) is 32.0 Å². The van der Waals surface area contributed by atoms with E-state index in [9.17, 15) is 31.9 Å². The zero-order valence-electron chi connectivity index (χ0n) is 17.6. The molecule has 1 N–H and O–H groups in total. The Kier molecular flexibility index (Phi) is 6.37. The second-order valence-corrected chi connectivity index (χ2v) is 7.72. The number of nitrogens with zero attached hydrogens (tertiary/aromatic N) is 1. The van der Waals surface area contributed by atoms with Crippen molar-refractivity contribution in [2.24, 2.45) is 0 Å². The first-order valence-corrected chi connectivity index (χ1v) is 10.3. The summed E-state index contributed by atoms with van der Waals surface area (Å²) in [4.78, 5) is 15.4. The van der Waals surface area contributed by atoms with Gasteiger partial charge in [-0.3, -0.25) is 0 Å². The average Bonchev–Trinajstić information content (AvgIpc) is 3.28. The smallest absolute Gasteiger partial charge is 0.416 e. The lowest BCUT2D eigenvalue weighted by Crippen LogP contribution is -2.08. The first-order valence-electron chi connectivity index (χ1n) is 10.3. The fraction of sp³-hybridized carbons (Fsp3) is 0.200. The molecular formula is C25H18F5NO3. The van der Waals surface area contributed by atoms with Crippen molar-refractivity contribution in [3.05, 3.63) is 94.3 Å². The third-order valence-electron chi connectivity index (χ3n) is 5.56. The maximum absolute atomic E-state index is 14.0. The van der Waals surface area contributed by atoms with Gasteiger partial charge in [0.1, 0.15) is 29.7 Å². The molecule has 3 aromatic rings. The van der Waals surface area contributed by atoms with Crippen LogP contribution < -0.4 is 4.74 Å². The van der Waals surface area contributed by atoms with Gasteiger partial charge in [0.2, 0.25) is 0 Å². The van der Waals surface area contributed by atoms with Gasteiger partial charge < -0.3 is 9.84 Å². The maximum atomic E-state index is 14.0. The molecule has 0 spiro atoms. The van der Waals surface area contributed by atoms with Gasteiger partial charge in [0.15, 0.2) is 0 Å². The van der Waals surface area contributed by atoms with Crippen LogP contribution in [0.2, 0.25) is 0 Å². The number of allylic oxidation sites excluding steroid dienone is 2. The number of benzene rings is 2. The lowest BCUT2D eigenvalue weighted by Gasteiger charge is -2.17. The van der Waals surface area contributed by atoms with E-state index >= 15 is 0 Å². The van der Waals surface area contributed by atoms with Crippen LogP contribution in [0.25, 0.3) is 11.1 Å². The SMILES string of the molecule is O=C(O)c1cccc(C2=C(c3cc(C(F)(F)F)ccc3OCc3c(F)cccc3F)CCC2)n1. The van der Waals surface area contributed by atoms with Gasteiger partial charge in [-0.25, -0.2) is 18.6 Å². The second kappa shape index (κ2) is 9.24. The van der Waals surface area contributed by atoms with Gasteiger partial charge in [-0.2, -0.15) is 13.2 Å². The Balaban J connectivity index is 1.80. The fourth-order valence-electron chi connectivity index (χ4n) is 3.93. The van der Waals surface area contributed by atoms with Gasteiger partial charge in [-0.1, -0.05) is 12.1 Å². The van der Waals surface area contributed by atoms with E-state index in [0.29, 0.717) is 36.1 Å². The summed E-state index contributed by atoms with van der Waals surface area (Å²) in [6, 6.07) is 10.7. The molecular weight excluding hydrogens is 457 g/mol. The van der Waals surface area contributed by atoms with Gasteiger partial charge in [0.25, 0.3) is 0 Å². The van der Waals surface area contributed by atoms with Crippen LogP contribution in [0.1, 0.15) is 52.1 Å². The Morgan fingerprint density at radius 2 is 1.65 bits per heavy atom. The van der Waals surface area contributed by atoms with Crippen molar-refractivity contribution < 1.29 is 36.6 Å². The highest BCUT2D eigenvalue weighted by Crippen LogP contribution is 2.44. The molecule has 0 saturated carbocycles. The minimum absolute atomic E-state index is 0.0273. The van der Waals surface area contributed by atoms with Gasteiger partial charge >= 0.3 is 12.1 Å². The number of rotatable bonds is 6. The molecule has 0 saturated heterocycles. The maximum Gasteiger partial charge on any atom is 0.416 e. The van der Waals surface area contributed by atoms with E-state index in [0.717, 1.165) is 30.3 Å². The Labute approximate surface area is 191 Å². The Morgan fingerprint density at radius 3 is 2.32 bits per heavy atom. The van der Waals surface area contributed by atoms with E-state index < -0.39 is 36.0 Å². The predicted molar refractivity (Wildman–Crippen MR) is 114 cm³/mol. The van der Waals surface area contributed by atoms with Crippen molar-refractivity contribution in [2.75, 3.05) is 0 Å². The number of aromatic carboxylic acids is 1. The quantitative estimate of drug-likeness (QED) is 0.401. The van der Waals surface area contributed by atoms with Crippen LogP contribution in [0.5, 0.6) is 5.75 Å². The molecule has 0 aliphatic heterocycles. The van der Waals surface area contributed by atoms with Crippen molar-refractivity contribution >= 4 is 17.1 Å². The van der Waals surface area contributed by atoms with E-state index in [1.807, 2.05) is 0 Å². The van der Waals surface area contributed by atoms with Crippen LogP contribution in [-0.4, -0.2) is 16.1 Å². The molecule has 0 radical (unpaired) electrons. The third-order valence-corrected chi connectivity index (χ3v) is 5.56. The number of aromatic nitrogens is 1. The molecule has 1 heterocycles. The van der Waals surface area contributed by atoms with E-state index in [4.69, 9.17) is 4.74 Å². The van der Waals surface area contributed by atoms with Crippen molar-refractivity contribution in [1.82, 2.24) is 4.98 Å². The summed E-state index contributed by atoms with van der Waals surface area (Å²) in [6.45, 7) is -0.522. The van der Waals surface area contributed by atoms with Gasteiger partial charge in [0.05, 0.1) is 16.8 Å². The van der Waals surface area contributed by atoms with Gasteiger partial charge in [0, 0.05) is 5.56 Å². The molecule has 4 rings (SSSR count). The molecule has 34 heavy (non-hydrogen) atoms. The number of alkyl halides is 3. The number of hydrogen-bond acceptors (Lipinski definition) is 3. The van der Waals surface area contributed by atoms with Crippen molar-refractivity contribution in [3.63, 3.8) is 0 Å². The number of halogens is 5. The zero-order valence-corrected chi connectivity index (χ0v) is 17.6. The second-order valence-electron chi connectivity index (χ2n) is 7.72. The predicted octanol–water partition coefficient (Wildman–Crippen LogP) is 6.75. The molecule has 176 valence electrons. The first kappa shape index (κ1) is 23.4. The Morgan fingerprint density at radius 1 is 0.971 bits per heavy atom. The topological polar surface area (TPSA) is 59.4 Å². The zero-order chi connectivity index (χ0) is 24.5. The number of hydrogen-bond donors (Lipinski definition) is 1. The number of carboxylic acid groups (broad SMARTS) is 1. The van der Waals surface area contributed by atoms with E-state index in [1.165, 1.54) is 18.2 Å². The van der Waals surface area contributed by atoms with Crippen LogP contribution in [-0.2, 0) is 12.8 Å². The Bertz CT molecular complexity index is 1260. The molecule has 1 aliphatic carbocycles. The summed E-state index contributed by atoms with van der Waals surface area (Å²) >= 11 is 0. The van der Waals surface area contributed by atoms with Crippen LogP contribution in [0.4, 0.5) is 22.0 Å². The average molecular weight is 475 g/mol. The standard InChI is InChI=1S/C25H18F5NO3/c26-19-6-2-7-20(27)18(19)13-34-23-11-10-14(25(28,29)30)12-17(23)15-4-1-5-16(15)21-8-3-9-22(31-21)24(32)33/h2-3,6-12H,1,4-5,13H2,(H,32,33). The molecule has 4 nitrogen and oxygen atoms in total. The van der Waals surface area contributed by atoms with Crippen LogP contribution in [0.3, 0.4) is 0 Å². The summed E-state index contributed by atoms with van der Waals surface area (Å²) in [5.74, 6) is -2.86. The third kappa shape index (κ3) is 4.78. The van der Waals surface area contributed by atoms with Crippen molar-refractivity contribution in [3.8, 4) is 5.75 Å². The highest BCUT2D eigenvalue weighted by molar-refractivity contribution is 5.94. The monoisotopic (exact) mass is 475 g/mol. The summed E-state index contributed by atoms with van der Waals surface area (Å²) in [7, 11) is 0. The lowest BCUT2D eigenvalue weighted by atomic mass is 9.97. The van der Waals surface area contributed by atoms with Crippen LogP contribution in [0, 0.1) is 11.6 Å². The molecule has 2 aromatic carbocycles. The van der Waals surface area contributed by atoms with Crippen LogP contribution in [0.15, 0.2) is 54.6 Å². The summed E-state index contributed by atoms with van der Waals surface area (Å²) in [6.07, 6.45) is -3.13. The number of carboxylic acids is 1. The first-order chi connectivity index (χ1) is 16.1. The summed E-state index contributed by atoms with van der Waals surface area (Å²) < 4.78 is 74.1. The van der Waals surface area contributed by atoms with E-state index in [1.54, 1.807) is 6.07 Å². The number of carbonyl (C=O) groups is 1. The van der Waals surface area contributed by atoms with E-state index in [-0.39, 0.29) is 22.6 Å². The lowest BCUT2D eigenvalue weighted by molar-refractivity contribution is -0.137. The minimum Gasteiger partial charge on any atom is -0.488 e. The molecule has 0 amide bonds. The molecule has 1 aliphatic rings. The van der Waals surface area contributed by atoms with Crippen LogP contribution >= 0.6 is 0 Å². The molecule has 1 aromatic heterocycles. The molecule has 0 atom stereocenters. The minimum atomic E-state index is -4.62. The molecule has 9 heteroatoms. The highest BCUT2D eigenvalue weighted by Gasteiger charge is 2.32. The summed E-state index contributed by atoms with van der Waals surface area (Å²) in [5, 5.41) is 9.24. The fourth-order valence-corrected chi connectivity index (χ4v) is 3.93. The summed E-state index contributed by atoms with van der Waals surface area (Å²) in [5.41, 5.74) is 0.154. The number of ether oxygens (including phenoxy) is 1. The highest BCUT2D eigenvalue weighted by atomic mass is 19.4. The molecule has 0 bridgehead atoms. The molecule has 0 unspecified atom stereocenters. The number of pyridine rings is 1. The van der Waals surface area contributed by atoms with Gasteiger partial charge in [-0.15, -0.1) is 0 Å². The van der Waals surface area contributed by atoms with Gasteiger partial charge in [-0.05, 0) is 72.9 Å². The normalized spacial score (nSPS) is 13.9. The van der Waals surface area contributed by atoms with Crippen molar-refractivity contribution in [1.29, 1.82) is 0 Å². The van der Waals surface area contributed by atoms with E-state index in [2.05, 4.69) is 4.98 Å². The molecule has 0 fully saturated rings. The Hall–Kier alpha value is -3.75.